The van der Waals surface area contributed by atoms with Crippen molar-refractivity contribution in [1.82, 2.24) is 39.9 Å². The van der Waals surface area contributed by atoms with E-state index in [1.807, 2.05) is 30.3 Å². The van der Waals surface area contributed by atoms with Gasteiger partial charge in [-0.1, -0.05) is 135 Å². The lowest BCUT2D eigenvalue weighted by molar-refractivity contribution is 0.304. The number of rotatable bonds is 22. The van der Waals surface area contributed by atoms with Gasteiger partial charge < -0.3 is 19.4 Å². The highest BCUT2D eigenvalue weighted by atomic mass is 16.5. The summed E-state index contributed by atoms with van der Waals surface area (Å²) < 4.78 is 12.6. The van der Waals surface area contributed by atoms with Crippen molar-refractivity contribution in [3.63, 3.8) is 0 Å². The van der Waals surface area contributed by atoms with Crippen molar-refractivity contribution < 1.29 is 9.47 Å². The van der Waals surface area contributed by atoms with Crippen molar-refractivity contribution in [3.8, 4) is 34.3 Å². The SMILES string of the molecule is CCCCCCCCOc1ccc2c3nc4nc(nc5[nH]c(nc6nc(nc([nH]3)c2c1)N=N6)c1cc(OCCCCCCCC)ccc51)-c1c-4cc2ccccc2c1CCCCCCC. The number of ether oxygens (including phenoxy) is 2. The van der Waals surface area contributed by atoms with Crippen molar-refractivity contribution in [1.29, 1.82) is 0 Å². The normalized spacial score (nSPS) is 12.2. The zero-order chi connectivity index (χ0) is 44.4. The van der Waals surface area contributed by atoms with Gasteiger partial charge in [-0.3, -0.25) is 0 Å². The average molecular weight is 871 g/mol. The lowest BCUT2D eigenvalue weighted by Crippen LogP contribution is -1.97. The minimum absolute atomic E-state index is 0.182. The molecule has 8 bridgehead atoms. The maximum absolute atomic E-state index is 6.31. The van der Waals surface area contributed by atoms with Gasteiger partial charge in [0.2, 0.25) is 0 Å². The van der Waals surface area contributed by atoms with Crippen LogP contribution in [0.1, 0.15) is 135 Å². The molecule has 336 valence electrons. The first-order valence-electron chi connectivity index (χ1n) is 24.4. The highest BCUT2D eigenvalue weighted by Crippen LogP contribution is 2.42. The summed E-state index contributed by atoms with van der Waals surface area (Å²) in [5, 5.41) is 14.5. The second-order valence-corrected chi connectivity index (χ2v) is 17.6. The van der Waals surface area contributed by atoms with Crippen molar-refractivity contribution in [2.75, 3.05) is 13.2 Å². The Kier molecular flexibility index (Phi) is 14.3. The van der Waals surface area contributed by atoms with E-state index in [-0.39, 0.29) is 11.9 Å². The molecule has 0 unspecified atom stereocenters. The predicted octanol–water partition coefficient (Wildman–Crippen LogP) is 15.1. The molecule has 3 aromatic heterocycles. The quantitative estimate of drug-likeness (QED) is 0.0639. The lowest BCUT2D eigenvalue weighted by atomic mass is 9.91. The number of benzene rings is 4. The van der Waals surface area contributed by atoms with Crippen molar-refractivity contribution in [2.45, 2.75) is 136 Å². The Balaban J connectivity index is 1.21. The third-order valence-corrected chi connectivity index (χ3v) is 12.7. The van der Waals surface area contributed by atoms with E-state index in [9.17, 15) is 0 Å². The first-order chi connectivity index (χ1) is 32.1. The third-order valence-electron chi connectivity index (χ3n) is 12.7. The second kappa shape index (κ2) is 21.1. The van der Waals surface area contributed by atoms with E-state index in [4.69, 9.17) is 34.4 Å². The summed E-state index contributed by atoms with van der Waals surface area (Å²) >= 11 is 0. The highest BCUT2D eigenvalue weighted by molar-refractivity contribution is 6.07. The topological polar surface area (TPSA) is 152 Å². The van der Waals surface area contributed by atoms with Gasteiger partial charge in [-0.15, -0.1) is 10.2 Å². The molecule has 0 amide bonds. The number of azo groups is 1. The van der Waals surface area contributed by atoms with Gasteiger partial charge in [0.05, 0.1) is 13.2 Å². The summed E-state index contributed by atoms with van der Waals surface area (Å²) in [4.78, 5) is 37.6. The van der Waals surface area contributed by atoms with Crippen LogP contribution in [0, 0.1) is 0 Å². The summed E-state index contributed by atoms with van der Waals surface area (Å²) in [7, 11) is 0. The minimum atomic E-state index is 0.182. The molecule has 0 spiro atoms. The van der Waals surface area contributed by atoms with Gasteiger partial charge >= 0.3 is 0 Å². The van der Waals surface area contributed by atoms with Crippen molar-refractivity contribution in [2.24, 2.45) is 10.2 Å². The number of nitrogens with one attached hydrogen (secondary N) is 2. The molecular formula is C53H62N10O2. The third kappa shape index (κ3) is 10.2. The van der Waals surface area contributed by atoms with E-state index in [1.54, 1.807) is 0 Å². The molecule has 65 heavy (non-hydrogen) atoms. The van der Waals surface area contributed by atoms with Crippen LogP contribution < -0.4 is 9.47 Å². The maximum Gasteiger partial charge on any atom is 0.274 e. The lowest BCUT2D eigenvalue weighted by Gasteiger charge is -2.13. The number of nitrogens with zero attached hydrogens (tertiary/aromatic N) is 8. The number of aromatic nitrogens is 8. The van der Waals surface area contributed by atoms with Gasteiger partial charge in [0.15, 0.2) is 11.6 Å². The molecule has 0 fully saturated rings. The Morgan fingerprint density at radius 1 is 0.431 bits per heavy atom. The molecule has 5 heterocycles. The largest absolute Gasteiger partial charge is 0.494 e. The van der Waals surface area contributed by atoms with Crippen LogP contribution in [0.15, 0.2) is 77.0 Å². The Bertz CT molecular complexity index is 2970. The maximum atomic E-state index is 6.31. The molecule has 0 radical (unpaired) electrons. The number of hydrogen-bond acceptors (Lipinski definition) is 10. The minimum Gasteiger partial charge on any atom is -0.494 e. The molecule has 2 N–H and O–H groups in total. The van der Waals surface area contributed by atoms with Gasteiger partial charge in [-0.05, 0) is 84.5 Å². The number of hydrogen-bond donors (Lipinski definition) is 2. The van der Waals surface area contributed by atoms with Crippen LogP contribution >= 0.6 is 0 Å². The van der Waals surface area contributed by atoms with Gasteiger partial charge in [-0.2, -0.15) is 15.0 Å². The number of H-pyrrole nitrogens is 2. The zero-order valence-electron chi connectivity index (χ0n) is 38.4. The first kappa shape index (κ1) is 43.9. The van der Waals surface area contributed by atoms with Crippen LogP contribution in [0.5, 0.6) is 11.5 Å². The summed E-state index contributed by atoms with van der Waals surface area (Å²) in [6.07, 6.45) is 21.2. The first-order valence-corrected chi connectivity index (χ1v) is 24.4. The van der Waals surface area contributed by atoms with Gasteiger partial charge in [-0.25, -0.2) is 15.0 Å². The summed E-state index contributed by atoms with van der Waals surface area (Å²) in [5.41, 5.74) is 5.57. The highest BCUT2D eigenvalue weighted by Gasteiger charge is 2.26. The molecule has 9 rings (SSSR count). The standard InChI is InChI=1S/C53H62N10O2/c1-4-7-10-13-16-21-30-64-36-26-28-40-42(33-36)48-54-46(40)56-50-44-32-35-23-19-20-24-38(35)39(25-18-15-12-9-6-3)45(44)51(58-50)57-47-41-29-27-37(65-31-22-17-14-11-8-5-2)34-43(41)49(55-47)60-53-61-52(59-48)62-63-53/h19-20,23-24,26-29,32-34H,4-18,21-22,25,30-31H2,1-3H3,(H2,54,55,56,57,58,59,60,61,62,63). The monoisotopic (exact) mass is 871 g/mol. The van der Waals surface area contributed by atoms with E-state index in [0.717, 1.165) is 94.5 Å². The number of aryl methyl sites for hydroxylation is 1. The van der Waals surface area contributed by atoms with Crippen LogP contribution in [0.25, 0.3) is 77.7 Å². The Morgan fingerprint density at radius 3 is 1.52 bits per heavy atom. The summed E-state index contributed by atoms with van der Waals surface area (Å²) in [6.45, 7) is 8.05. The number of aromatic amines is 2. The molecule has 12 nitrogen and oxygen atoms in total. The van der Waals surface area contributed by atoms with Crippen LogP contribution in [0.4, 0.5) is 11.9 Å². The molecule has 2 aliphatic heterocycles. The van der Waals surface area contributed by atoms with Crippen LogP contribution in [0.3, 0.4) is 0 Å². The second-order valence-electron chi connectivity index (χ2n) is 17.6. The van der Waals surface area contributed by atoms with Crippen LogP contribution in [-0.4, -0.2) is 53.1 Å². The molecule has 7 aromatic rings. The van der Waals surface area contributed by atoms with E-state index < -0.39 is 0 Å². The molecule has 2 aliphatic rings. The Morgan fingerprint density at radius 2 is 0.938 bits per heavy atom. The van der Waals surface area contributed by atoms with Gasteiger partial charge in [0.25, 0.3) is 11.9 Å². The van der Waals surface area contributed by atoms with E-state index >= 15 is 0 Å². The fraction of sp³-hybridized carbons (Fsp3) is 0.434. The fourth-order valence-corrected chi connectivity index (χ4v) is 9.15. The number of fused-ring (bicyclic) bond motifs is 18. The average Bonchev–Trinajstić information content (AvgIpc) is 4.09. The Labute approximate surface area is 381 Å². The Hall–Kier alpha value is -6.30. The van der Waals surface area contributed by atoms with E-state index in [0.29, 0.717) is 47.5 Å². The fourth-order valence-electron chi connectivity index (χ4n) is 9.15. The van der Waals surface area contributed by atoms with Crippen molar-refractivity contribution >= 4 is 66.8 Å². The molecule has 12 heteroatoms. The molecule has 0 saturated heterocycles. The number of unbranched alkanes of at least 4 members (excludes halogenated alkanes) is 14. The van der Waals surface area contributed by atoms with E-state index in [1.165, 1.54) is 81.6 Å². The molecule has 0 saturated carbocycles. The summed E-state index contributed by atoms with van der Waals surface area (Å²) in [5.74, 6) is 3.11. The molecule has 4 aromatic carbocycles. The van der Waals surface area contributed by atoms with Gasteiger partial charge in [0, 0.05) is 32.7 Å². The van der Waals surface area contributed by atoms with E-state index in [2.05, 4.69) is 82.3 Å². The smallest absolute Gasteiger partial charge is 0.274 e. The predicted molar refractivity (Wildman–Crippen MR) is 264 cm³/mol. The van der Waals surface area contributed by atoms with Crippen molar-refractivity contribution in [3.05, 3.63) is 72.3 Å². The van der Waals surface area contributed by atoms with Crippen LogP contribution in [-0.2, 0) is 6.42 Å². The molecule has 0 aliphatic carbocycles. The van der Waals surface area contributed by atoms with Crippen LogP contribution in [0.2, 0.25) is 0 Å². The van der Waals surface area contributed by atoms with Gasteiger partial charge in [0.1, 0.15) is 34.1 Å². The summed E-state index contributed by atoms with van der Waals surface area (Å²) in [6, 6.07) is 23.0. The molecule has 0 atom stereocenters. The zero-order valence-corrected chi connectivity index (χ0v) is 38.4. The molecular weight excluding hydrogens is 809 g/mol.